The maximum absolute atomic E-state index is 3.72. The predicted octanol–water partition coefficient (Wildman–Crippen LogP) is 3.21. The Morgan fingerprint density at radius 2 is 2.27 bits per heavy atom. The maximum Gasteiger partial charge on any atom is 0.00684 e. The van der Waals surface area contributed by atoms with E-state index in [9.17, 15) is 0 Å². The fraction of sp³-hybridized carbons (Fsp3) is 0.692. The molecular weight excluding hydrogens is 202 g/mol. The lowest BCUT2D eigenvalue weighted by atomic mass is 9.66. The lowest BCUT2D eigenvalue weighted by Gasteiger charge is -2.42. The van der Waals surface area contributed by atoms with Crippen molar-refractivity contribution < 1.29 is 0 Å². The van der Waals surface area contributed by atoms with Crippen LogP contribution < -0.4 is 5.32 Å². The first kappa shape index (κ1) is 9.86. The Morgan fingerprint density at radius 1 is 1.40 bits per heavy atom. The summed E-state index contributed by atoms with van der Waals surface area (Å²) in [6.07, 6.45) is 8.45. The Hall–Kier alpha value is -0.340. The molecular formula is C13H19NS. The Labute approximate surface area is 95.9 Å². The molecule has 0 amide bonds. The molecule has 3 rings (SSSR count). The summed E-state index contributed by atoms with van der Waals surface area (Å²) in [6, 6.07) is 5.34. The molecule has 0 unspecified atom stereocenters. The van der Waals surface area contributed by atoms with Crippen molar-refractivity contribution in [2.75, 3.05) is 6.54 Å². The van der Waals surface area contributed by atoms with Gasteiger partial charge in [0.1, 0.15) is 0 Å². The largest absolute Gasteiger partial charge is 0.313 e. The third-order valence-electron chi connectivity index (χ3n) is 3.89. The zero-order valence-electron chi connectivity index (χ0n) is 9.17. The van der Waals surface area contributed by atoms with Gasteiger partial charge in [-0.3, -0.25) is 0 Å². The maximum atomic E-state index is 3.72. The van der Waals surface area contributed by atoms with Gasteiger partial charge in [-0.2, -0.15) is 0 Å². The molecule has 1 aromatic rings. The van der Waals surface area contributed by atoms with Crippen LogP contribution >= 0.6 is 11.3 Å². The van der Waals surface area contributed by atoms with Crippen molar-refractivity contribution >= 4 is 11.3 Å². The molecule has 2 aliphatic rings. The zero-order chi connectivity index (χ0) is 10.1. The van der Waals surface area contributed by atoms with Gasteiger partial charge in [-0.25, -0.2) is 0 Å². The summed E-state index contributed by atoms with van der Waals surface area (Å²) in [5.41, 5.74) is 0.618. The van der Waals surface area contributed by atoms with E-state index in [0.717, 1.165) is 6.04 Å². The van der Waals surface area contributed by atoms with Crippen LogP contribution in [-0.2, 0) is 6.42 Å². The minimum atomic E-state index is 0.618. The standard InChI is InChI=1S/C13H19NS/c1-3-12(15-8-1)9-13(6-2-7-13)10-14-11-4-5-11/h1,3,8,11,14H,2,4-7,9-10H2. The summed E-state index contributed by atoms with van der Waals surface area (Å²) in [4.78, 5) is 1.58. The summed E-state index contributed by atoms with van der Waals surface area (Å²) in [5.74, 6) is 0. The van der Waals surface area contributed by atoms with Crippen LogP contribution in [0.3, 0.4) is 0 Å². The van der Waals surface area contributed by atoms with Crippen molar-refractivity contribution in [3.05, 3.63) is 22.4 Å². The molecule has 15 heavy (non-hydrogen) atoms. The van der Waals surface area contributed by atoms with Gasteiger partial charge in [-0.1, -0.05) is 12.5 Å². The van der Waals surface area contributed by atoms with E-state index in [2.05, 4.69) is 22.8 Å². The van der Waals surface area contributed by atoms with Crippen LogP contribution in [0.5, 0.6) is 0 Å². The molecule has 0 aromatic carbocycles. The molecule has 2 saturated carbocycles. The van der Waals surface area contributed by atoms with Gasteiger partial charge in [-0.05, 0) is 49.0 Å². The third kappa shape index (κ3) is 2.26. The van der Waals surface area contributed by atoms with E-state index in [1.165, 1.54) is 45.1 Å². The molecule has 0 saturated heterocycles. The Morgan fingerprint density at radius 3 is 2.80 bits per heavy atom. The second-order valence-corrected chi connectivity index (χ2v) is 6.30. The van der Waals surface area contributed by atoms with Gasteiger partial charge in [0, 0.05) is 17.5 Å². The number of rotatable bonds is 5. The molecule has 0 spiro atoms. The number of thiophene rings is 1. The second kappa shape index (κ2) is 3.91. The van der Waals surface area contributed by atoms with E-state index in [1.807, 2.05) is 11.3 Å². The van der Waals surface area contributed by atoms with Crippen molar-refractivity contribution in [1.82, 2.24) is 5.32 Å². The fourth-order valence-electron chi connectivity index (χ4n) is 2.52. The van der Waals surface area contributed by atoms with E-state index < -0.39 is 0 Å². The first-order chi connectivity index (χ1) is 7.36. The molecule has 0 bridgehead atoms. The molecule has 2 aliphatic carbocycles. The summed E-state index contributed by atoms with van der Waals surface area (Å²) in [5, 5.41) is 5.92. The van der Waals surface area contributed by atoms with E-state index in [4.69, 9.17) is 0 Å². The minimum absolute atomic E-state index is 0.618. The Kier molecular flexibility index (Phi) is 2.57. The van der Waals surface area contributed by atoms with Crippen LogP contribution in [-0.4, -0.2) is 12.6 Å². The molecule has 2 fully saturated rings. The average molecular weight is 221 g/mol. The minimum Gasteiger partial charge on any atom is -0.313 e. The summed E-state index contributed by atoms with van der Waals surface area (Å²) >= 11 is 1.92. The van der Waals surface area contributed by atoms with Crippen LogP contribution in [0.25, 0.3) is 0 Å². The van der Waals surface area contributed by atoms with E-state index >= 15 is 0 Å². The number of nitrogens with one attached hydrogen (secondary N) is 1. The van der Waals surface area contributed by atoms with Gasteiger partial charge in [0.15, 0.2) is 0 Å². The molecule has 0 atom stereocenters. The number of hydrogen-bond donors (Lipinski definition) is 1. The first-order valence-corrected chi connectivity index (χ1v) is 7.00. The Balaban J connectivity index is 1.58. The predicted molar refractivity (Wildman–Crippen MR) is 65.3 cm³/mol. The van der Waals surface area contributed by atoms with E-state index in [1.54, 1.807) is 4.88 Å². The monoisotopic (exact) mass is 221 g/mol. The van der Waals surface area contributed by atoms with Gasteiger partial charge in [0.05, 0.1) is 0 Å². The molecule has 1 nitrogen and oxygen atoms in total. The lowest BCUT2D eigenvalue weighted by Crippen LogP contribution is -2.42. The van der Waals surface area contributed by atoms with Crippen molar-refractivity contribution in [1.29, 1.82) is 0 Å². The van der Waals surface area contributed by atoms with Crippen molar-refractivity contribution in [2.24, 2.45) is 5.41 Å². The molecule has 1 aromatic heterocycles. The quantitative estimate of drug-likeness (QED) is 0.805. The van der Waals surface area contributed by atoms with Crippen molar-refractivity contribution in [3.63, 3.8) is 0 Å². The van der Waals surface area contributed by atoms with Gasteiger partial charge < -0.3 is 5.32 Å². The summed E-state index contributed by atoms with van der Waals surface area (Å²) in [6.45, 7) is 1.26. The van der Waals surface area contributed by atoms with E-state index in [-0.39, 0.29) is 0 Å². The Bertz CT molecular complexity index is 309. The van der Waals surface area contributed by atoms with Crippen LogP contribution in [0.4, 0.5) is 0 Å². The summed E-state index contributed by atoms with van der Waals surface area (Å²) in [7, 11) is 0. The highest BCUT2D eigenvalue weighted by Crippen LogP contribution is 2.44. The van der Waals surface area contributed by atoms with Crippen LogP contribution in [0, 0.1) is 5.41 Å². The van der Waals surface area contributed by atoms with Gasteiger partial charge in [-0.15, -0.1) is 11.3 Å². The third-order valence-corrected chi connectivity index (χ3v) is 4.76. The van der Waals surface area contributed by atoms with Gasteiger partial charge >= 0.3 is 0 Å². The molecule has 1 heterocycles. The fourth-order valence-corrected chi connectivity index (χ4v) is 3.40. The van der Waals surface area contributed by atoms with Gasteiger partial charge in [0.25, 0.3) is 0 Å². The topological polar surface area (TPSA) is 12.0 Å². The summed E-state index contributed by atoms with van der Waals surface area (Å²) < 4.78 is 0. The molecule has 0 radical (unpaired) electrons. The highest BCUT2D eigenvalue weighted by molar-refractivity contribution is 7.09. The van der Waals surface area contributed by atoms with Crippen LogP contribution in [0.2, 0.25) is 0 Å². The zero-order valence-corrected chi connectivity index (χ0v) is 9.98. The molecule has 82 valence electrons. The average Bonchev–Trinajstić information content (AvgIpc) is 2.87. The molecule has 1 N–H and O–H groups in total. The van der Waals surface area contributed by atoms with E-state index in [0.29, 0.717) is 5.41 Å². The van der Waals surface area contributed by atoms with Crippen LogP contribution in [0.1, 0.15) is 37.0 Å². The van der Waals surface area contributed by atoms with Crippen molar-refractivity contribution in [3.8, 4) is 0 Å². The highest BCUT2D eigenvalue weighted by atomic mass is 32.1. The normalized spacial score (nSPS) is 23.7. The second-order valence-electron chi connectivity index (χ2n) is 5.26. The SMILES string of the molecule is c1csc(CC2(CNC3CC3)CCC2)c1. The molecule has 2 heteroatoms. The number of hydrogen-bond acceptors (Lipinski definition) is 2. The van der Waals surface area contributed by atoms with Crippen LogP contribution in [0.15, 0.2) is 17.5 Å². The highest BCUT2D eigenvalue weighted by Gasteiger charge is 2.38. The smallest absolute Gasteiger partial charge is 0.00684 e. The first-order valence-electron chi connectivity index (χ1n) is 6.12. The molecule has 0 aliphatic heterocycles. The van der Waals surface area contributed by atoms with Crippen molar-refractivity contribution in [2.45, 2.75) is 44.6 Å². The lowest BCUT2D eigenvalue weighted by molar-refractivity contribution is 0.131. The van der Waals surface area contributed by atoms with Gasteiger partial charge in [0.2, 0.25) is 0 Å².